The Balaban J connectivity index is 2.09. The van der Waals surface area contributed by atoms with Crippen molar-refractivity contribution in [1.29, 1.82) is 0 Å². The molecule has 0 aromatic carbocycles. The number of hydrogen-bond donors (Lipinski definition) is 0. The predicted octanol–water partition coefficient (Wildman–Crippen LogP) is 2.60. The molecule has 2 aromatic heterocycles. The summed E-state index contributed by atoms with van der Waals surface area (Å²) in [5.74, 6) is 0.0508. The van der Waals surface area contributed by atoms with Crippen LogP contribution in [0.1, 0.15) is 28.9 Å². The molecule has 2 aromatic rings. The van der Waals surface area contributed by atoms with E-state index in [1.807, 2.05) is 47.1 Å². The summed E-state index contributed by atoms with van der Waals surface area (Å²) in [4.78, 5) is 18.6. The van der Waals surface area contributed by atoms with E-state index in [0.717, 1.165) is 24.1 Å². The summed E-state index contributed by atoms with van der Waals surface area (Å²) >= 11 is 6.03. The fourth-order valence-electron chi connectivity index (χ4n) is 3.01. The number of pyridine rings is 1. The van der Waals surface area contributed by atoms with Crippen molar-refractivity contribution in [2.45, 2.75) is 18.4 Å². The minimum absolute atomic E-state index is 0.0508. The summed E-state index contributed by atoms with van der Waals surface area (Å²) in [6, 6.07) is 5.56. The van der Waals surface area contributed by atoms with E-state index in [4.69, 9.17) is 11.6 Å². The second-order valence-corrected chi connectivity index (χ2v) is 5.57. The number of carbonyl (C=O) groups excluding carboxylic acids is 1. The van der Waals surface area contributed by atoms with Crippen molar-refractivity contribution in [3.8, 4) is 5.69 Å². The van der Waals surface area contributed by atoms with Crippen LogP contribution in [0.2, 0.25) is 5.15 Å². The minimum atomic E-state index is -0.191. The van der Waals surface area contributed by atoms with E-state index in [1.54, 1.807) is 0 Å². The molecule has 2 aliphatic rings. The number of carbonyl (C=O) groups is 1. The van der Waals surface area contributed by atoms with E-state index in [2.05, 4.69) is 4.98 Å². The third kappa shape index (κ3) is 1.29. The van der Waals surface area contributed by atoms with E-state index >= 15 is 0 Å². The fourth-order valence-corrected chi connectivity index (χ4v) is 3.17. The number of hydrogen-bond acceptors (Lipinski definition) is 2. The molecular weight excluding hydrogens is 262 g/mol. The van der Waals surface area contributed by atoms with Crippen molar-refractivity contribution in [3.63, 3.8) is 0 Å². The SMILES string of the molecule is CN1C(=O)c2cccn2-c2cc(Cl)ncc2C12CC2. The second kappa shape index (κ2) is 3.39. The van der Waals surface area contributed by atoms with Gasteiger partial charge in [0.15, 0.2) is 0 Å². The molecule has 0 unspecified atom stereocenters. The summed E-state index contributed by atoms with van der Waals surface area (Å²) in [6.45, 7) is 0. The molecule has 0 atom stereocenters. The zero-order chi connectivity index (χ0) is 13.2. The Morgan fingerprint density at radius 1 is 1.42 bits per heavy atom. The van der Waals surface area contributed by atoms with Crippen LogP contribution in [0.25, 0.3) is 5.69 Å². The van der Waals surface area contributed by atoms with Gasteiger partial charge in [0.05, 0.1) is 11.2 Å². The van der Waals surface area contributed by atoms with Crippen LogP contribution in [0.5, 0.6) is 0 Å². The van der Waals surface area contributed by atoms with Gasteiger partial charge in [0.2, 0.25) is 0 Å². The Bertz CT molecular complexity index is 702. The molecule has 1 aliphatic carbocycles. The van der Waals surface area contributed by atoms with E-state index in [0.29, 0.717) is 10.8 Å². The average Bonchev–Trinajstić information content (AvgIpc) is 3.07. The van der Waals surface area contributed by atoms with Crippen molar-refractivity contribution in [2.24, 2.45) is 0 Å². The fraction of sp³-hybridized carbons (Fsp3) is 0.286. The summed E-state index contributed by atoms with van der Waals surface area (Å²) in [7, 11) is 1.87. The van der Waals surface area contributed by atoms with Gasteiger partial charge in [-0.25, -0.2) is 4.98 Å². The van der Waals surface area contributed by atoms with Gasteiger partial charge in [-0.15, -0.1) is 0 Å². The minimum Gasteiger partial charge on any atom is -0.331 e. The van der Waals surface area contributed by atoms with Gasteiger partial charge in [0.1, 0.15) is 10.8 Å². The zero-order valence-corrected chi connectivity index (χ0v) is 11.2. The topological polar surface area (TPSA) is 38.1 Å². The maximum absolute atomic E-state index is 12.6. The van der Waals surface area contributed by atoms with Crippen LogP contribution in [-0.2, 0) is 5.54 Å². The van der Waals surface area contributed by atoms with Crippen molar-refractivity contribution in [2.75, 3.05) is 7.05 Å². The van der Waals surface area contributed by atoms with Gasteiger partial charge in [-0.2, -0.15) is 0 Å². The van der Waals surface area contributed by atoms with Crippen LogP contribution in [0.4, 0.5) is 0 Å². The lowest BCUT2D eigenvalue weighted by molar-refractivity contribution is 0.0705. The Morgan fingerprint density at radius 3 is 2.95 bits per heavy atom. The molecule has 19 heavy (non-hydrogen) atoms. The van der Waals surface area contributed by atoms with Gasteiger partial charge in [-0.05, 0) is 31.0 Å². The van der Waals surface area contributed by atoms with E-state index in [9.17, 15) is 4.79 Å². The number of amides is 1. The lowest BCUT2D eigenvalue weighted by atomic mass is 10.0. The maximum Gasteiger partial charge on any atom is 0.271 e. The number of aromatic nitrogens is 2. The predicted molar refractivity (Wildman–Crippen MR) is 71.6 cm³/mol. The van der Waals surface area contributed by atoms with Crippen LogP contribution in [0.3, 0.4) is 0 Å². The van der Waals surface area contributed by atoms with Crippen molar-refractivity contribution >= 4 is 17.5 Å². The summed E-state index contributed by atoms with van der Waals surface area (Å²) in [5, 5.41) is 0.450. The number of fused-ring (bicyclic) bond motifs is 4. The standard InChI is InChI=1S/C14H12ClN3O/c1-17-13(19)10-3-2-6-18(10)11-7-12(15)16-8-9(11)14(17)4-5-14/h2-3,6-8H,4-5H2,1H3. The molecule has 1 aliphatic heterocycles. The van der Waals surface area contributed by atoms with Gasteiger partial charge in [0, 0.05) is 25.0 Å². The molecule has 1 amide bonds. The quantitative estimate of drug-likeness (QED) is 0.692. The first kappa shape index (κ1) is 11.1. The highest BCUT2D eigenvalue weighted by atomic mass is 35.5. The van der Waals surface area contributed by atoms with Crippen LogP contribution in [-0.4, -0.2) is 27.4 Å². The molecule has 1 spiro atoms. The molecule has 5 heteroatoms. The molecule has 0 bridgehead atoms. The van der Waals surface area contributed by atoms with Crippen LogP contribution in [0.15, 0.2) is 30.6 Å². The van der Waals surface area contributed by atoms with Crippen molar-refractivity contribution in [1.82, 2.24) is 14.5 Å². The van der Waals surface area contributed by atoms with Gasteiger partial charge in [0.25, 0.3) is 5.91 Å². The van der Waals surface area contributed by atoms with E-state index < -0.39 is 0 Å². The van der Waals surface area contributed by atoms with Crippen molar-refractivity contribution < 1.29 is 4.79 Å². The third-order valence-electron chi connectivity index (χ3n) is 4.25. The highest BCUT2D eigenvalue weighted by molar-refractivity contribution is 6.29. The molecule has 0 saturated heterocycles. The summed E-state index contributed by atoms with van der Waals surface area (Å²) in [6.07, 6.45) is 5.67. The van der Waals surface area contributed by atoms with Crippen LogP contribution >= 0.6 is 11.6 Å². The van der Waals surface area contributed by atoms with Gasteiger partial charge in [-0.3, -0.25) is 4.79 Å². The highest BCUT2D eigenvalue weighted by Crippen LogP contribution is 2.53. The Morgan fingerprint density at radius 2 is 2.21 bits per heavy atom. The number of halogens is 1. The normalized spacial score (nSPS) is 19.1. The lowest BCUT2D eigenvalue weighted by Gasteiger charge is -2.26. The van der Waals surface area contributed by atoms with E-state index in [-0.39, 0.29) is 11.4 Å². The number of rotatable bonds is 0. The van der Waals surface area contributed by atoms with Gasteiger partial charge in [-0.1, -0.05) is 11.6 Å². The molecule has 0 radical (unpaired) electrons. The molecule has 96 valence electrons. The van der Waals surface area contributed by atoms with Crippen LogP contribution in [0, 0.1) is 0 Å². The molecule has 0 N–H and O–H groups in total. The molecular formula is C14H12ClN3O. The van der Waals surface area contributed by atoms with E-state index in [1.165, 1.54) is 0 Å². The first-order chi connectivity index (χ1) is 9.13. The monoisotopic (exact) mass is 273 g/mol. The molecule has 3 heterocycles. The highest BCUT2D eigenvalue weighted by Gasteiger charge is 2.53. The summed E-state index contributed by atoms with van der Waals surface area (Å²) < 4.78 is 1.91. The van der Waals surface area contributed by atoms with Gasteiger partial charge < -0.3 is 9.47 Å². The first-order valence-electron chi connectivity index (χ1n) is 6.25. The maximum atomic E-state index is 12.6. The third-order valence-corrected chi connectivity index (χ3v) is 4.45. The van der Waals surface area contributed by atoms with Crippen LogP contribution < -0.4 is 0 Å². The smallest absolute Gasteiger partial charge is 0.271 e. The van der Waals surface area contributed by atoms with Gasteiger partial charge >= 0.3 is 0 Å². The second-order valence-electron chi connectivity index (χ2n) is 5.18. The molecule has 4 nitrogen and oxygen atoms in total. The first-order valence-corrected chi connectivity index (χ1v) is 6.63. The number of nitrogens with zero attached hydrogens (tertiary/aromatic N) is 3. The molecule has 1 saturated carbocycles. The van der Waals surface area contributed by atoms with Crippen molar-refractivity contribution in [3.05, 3.63) is 47.0 Å². The Kier molecular flexibility index (Phi) is 1.97. The summed E-state index contributed by atoms with van der Waals surface area (Å²) in [5.41, 5.74) is 2.54. The lowest BCUT2D eigenvalue weighted by Crippen LogP contribution is -2.36. The molecule has 4 rings (SSSR count). The zero-order valence-electron chi connectivity index (χ0n) is 10.4. The molecule has 1 fully saturated rings. The Hall–Kier alpha value is -1.81. The average molecular weight is 274 g/mol. The largest absolute Gasteiger partial charge is 0.331 e. The Labute approximate surface area is 115 Å².